The highest BCUT2D eigenvalue weighted by atomic mass is 16.5. The zero-order valence-corrected chi connectivity index (χ0v) is 11.7. The monoisotopic (exact) mass is 276 g/mol. The fourth-order valence-corrected chi connectivity index (χ4v) is 2.38. The van der Waals surface area contributed by atoms with Crippen molar-refractivity contribution in [3.05, 3.63) is 29.8 Å². The fourth-order valence-electron chi connectivity index (χ4n) is 2.38. The van der Waals surface area contributed by atoms with Gasteiger partial charge >= 0.3 is 5.97 Å². The number of rotatable bonds is 3. The highest BCUT2D eigenvalue weighted by Gasteiger charge is 2.22. The first-order valence-electron chi connectivity index (χ1n) is 6.86. The van der Waals surface area contributed by atoms with E-state index in [4.69, 9.17) is 10.5 Å². The number of carbonyl (C=O) groups is 2. The van der Waals surface area contributed by atoms with Crippen molar-refractivity contribution in [3.63, 3.8) is 0 Å². The lowest BCUT2D eigenvalue weighted by atomic mass is 10.0. The van der Waals surface area contributed by atoms with E-state index in [2.05, 4.69) is 6.92 Å². The maximum Gasteiger partial charge on any atom is 0.338 e. The Morgan fingerprint density at radius 2 is 2.25 bits per heavy atom. The maximum absolute atomic E-state index is 12.0. The van der Waals surface area contributed by atoms with Crippen molar-refractivity contribution in [2.75, 3.05) is 25.4 Å². The average Bonchev–Trinajstić information content (AvgIpc) is 2.44. The Labute approximate surface area is 118 Å². The predicted molar refractivity (Wildman–Crippen MR) is 76.1 cm³/mol. The molecular formula is C15H20N2O3. The van der Waals surface area contributed by atoms with Gasteiger partial charge in [0.15, 0.2) is 6.61 Å². The van der Waals surface area contributed by atoms with E-state index < -0.39 is 5.97 Å². The molecule has 2 N–H and O–H groups in total. The molecule has 20 heavy (non-hydrogen) atoms. The second-order valence-electron chi connectivity index (χ2n) is 5.29. The lowest BCUT2D eigenvalue weighted by Gasteiger charge is -2.30. The smallest absolute Gasteiger partial charge is 0.338 e. The molecule has 5 heteroatoms. The van der Waals surface area contributed by atoms with E-state index in [-0.39, 0.29) is 12.5 Å². The Bertz CT molecular complexity index is 502. The number of hydrogen-bond acceptors (Lipinski definition) is 4. The topological polar surface area (TPSA) is 72.6 Å². The summed E-state index contributed by atoms with van der Waals surface area (Å²) in [4.78, 5) is 25.5. The molecule has 1 aliphatic heterocycles. The van der Waals surface area contributed by atoms with E-state index in [0.29, 0.717) is 17.2 Å². The molecule has 0 saturated carbocycles. The Hall–Kier alpha value is -2.04. The molecule has 1 heterocycles. The first-order chi connectivity index (χ1) is 9.56. The van der Waals surface area contributed by atoms with E-state index in [1.54, 1.807) is 23.1 Å². The van der Waals surface area contributed by atoms with Crippen molar-refractivity contribution in [3.8, 4) is 0 Å². The molecule has 1 aromatic rings. The normalized spacial score (nSPS) is 18.6. The van der Waals surface area contributed by atoms with Crippen LogP contribution in [0.5, 0.6) is 0 Å². The van der Waals surface area contributed by atoms with Crippen molar-refractivity contribution in [1.29, 1.82) is 0 Å². The van der Waals surface area contributed by atoms with Gasteiger partial charge in [0, 0.05) is 18.8 Å². The van der Waals surface area contributed by atoms with Crippen molar-refractivity contribution in [2.24, 2.45) is 5.92 Å². The van der Waals surface area contributed by atoms with Gasteiger partial charge in [-0.3, -0.25) is 4.79 Å². The SMILES string of the molecule is CC1CCCN(C(=O)COC(=O)c2cccc(N)c2)C1. The van der Waals surface area contributed by atoms with Gasteiger partial charge in [-0.1, -0.05) is 13.0 Å². The summed E-state index contributed by atoms with van der Waals surface area (Å²) in [6, 6.07) is 6.53. The van der Waals surface area contributed by atoms with Crippen LogP contribution in [0.15, 0.2) is 24.3 Å². The average molecular weight is 276 g/mol. The Kier molecular flexibility index (Phi) is 4.61. The molecule has 0 radical (unpaired) electrons. The van der Waals surface area contributed by atoms with Crippen molar-refractivity contribution >= 4 is 17.6 Å². The number of ether oxygens (including phenoxy) is 1. The third-order valence-corrected chi connectivity index (χ3v) is 3.46. The van der Waals surface area contributed by atoms with Gasteiger partial charge in [-0.15, -0.1) is 0 Å². The zero-order chi connectivity index (χ0) is 14.5. The van der Waals surface area contributed by atoms with Gasteiger partial charge in [0.2, 0.25) is 0 Å². The number of nitrogens with two attached hydrogens (primary N) is 1. The summed E-state index contributed by atoms with van der Waals surface area (Å²) >= 11 is 0. The number of hydrogen-bond donors (Lipinski definition) is 1. The second-order valence-corrected chi connectivity index (χ2v) is 5.29. The number of nitrogens with zero attached hydrogens (tertiary/aromatic N) is 1. The van der Waals surface area contributed by atoms with E-state index in [0.717, 1.165) is 25.9 Å². The largest absolute Gasteiger partial charge is 0.452 e. The van der Waals surface area contributed by atoms with Crippen molar-refractivity contribution < 1.29 is 14.3 Å². The first kappa shape index (κ1) is 14.4. The Morgan fingerprint density at radius 3 is 2.95 bits per heavy atom. The van der Waals surface area contributed by atoms with Gasteiger partial charge in [0.1, 0.15) is 0 Å². The number of piperidine rings is 1. The van der Waals surface area contributed by atoms with Crippen LogP contribution in [0.4, 0.5) is 5.69 Å². The summed E-state index contributed by atoms with van der Waals surface area (Å²) in [5, 5.41) is 0. The summed E-state index contributed by atoms with van der Waals surface area (Å²) in [7, 11) is 0. The van der Waals surface area contributed by atoms with E-state index in [1.165, 1.54) is 6.07 Å². The van der Waals surface area contributed by atoms with Crippen LogP contribution in [0.3, 0.4) is 0 Å². The summed E-state index contributed by atoms with van der Waals surface area (Å²) in [5.74, 6) is -0.137. The van der Waals surface area contributed by atoms with Crippen LogP contribution >= 0.6 is 0 Å². The van der Waals surface area contributed by atoms with Crippen LogP contribution in [-0.2, 0) is 9.53 Å². The summed E-state index contributed by atoms with van der Waals surface area (Å²) in [5.41, 5.74) is 6.46. The number of esters is 1. The number of carbonyl (C=O) groups excluding carboxylic acids is 2. The number of amides is 1. The van der Waals surface area contributed by atoms with Crippen LogP contribution in [0.2, 0.25) is 0 Å². The Morgan fingerprint density at radius 1 is 1.45 bits per heavy atom. The molecule has 2 rings (SSSR count). The van der Waals surface area contributed by atoms with Crippen LogP contribution in [0, 0.1) is 5.92 Å². The molecule has 108 valence electrons. The lowest BCUT2D eigenvalue weighted by molar-refractivity contribution is -0.136. The summed E-state index contributed by atoms with van der Waals surface area (Å²) < 4.78 is 5.05. The molecular weight excluding hydrogens is 256 g/mol. The third kappa shape index (κ3) is 3.73. The van der Waals surface area contributed by atoms with Gasteiger partial charge < -0.3 is 15.4 Å². The summed E-state index contributed by atoms with van der Waals surface area (Å²) in [6.45, 7) is 3.41. The molecule has 1 aromatic carbocycles. The van der Waals surface area contributed by atoms with E-state index >= 15 is 0 Å². The van der Waals surface area contributed by atoms with E-state index in [1.807, 2.05) is 0 Å². The minimum Gasteiger partial charge on any atom is -0.452 e. The molecule has 1 atom stereocenters. The minimum atomic E-state index is -0.518. The number of likely N-dealkylation sites (tertiary alicyclic amines) is 1. The first-order valence-corrected chi connectivity index (χ1v) is 6.86. The molecule has 0 spiro atoms. The lowest BCUT2D eigenvalue weighted by Crippen LogP contribution is -2.41. The number of nitrogen functional groups attached to an aromatic ring is 1. The van der Waals surface area contributed by atoms with Crippen LogP contribution in [0.1, 0.15) is 30.1 Å². The minimum absolute atomic E-state index is 0.131. The maximum atomic E-state index is 12.0. The van der Waals surface area contributed by atoms with Gasteiger partial charge in [-0.2, -0.15) is 0 Å². The van der Waals surface area contributed by atoms with Gasteiger partial charge in [-0.05, 0) is 37.0 Å². The molecule has 0 bridgehead atoms. The van der Waals surface area contributed by atoms with E-state index in [9.17, 15) is 9.59 Å². The second kappa shape index (κ2) is 6.41. The molecule has 0 aliphatic carbocycles. The molecule has 1 aliphatic rings. The van der Waals surface area contributed by atoms with Crippen LogP contribution in [0.25, 0.3) is 0 Å². The molecule has 1 unspecified atom stereocenters. The van der Waals surface area contributed by atoms with Crippen LogP contribution in [-0.4, -0.2) is 36.5 Å². The molecule has 1 amide bonds. The molecule has 5 nitrogen and oxygen atoms in total. The Balaban J connectivity index is 1.85. The molecule has 1 fully saturated rings. The summed E-state index contributed by atoms with van der Waals surface area (Å²) in [6.07, 6.45) is 2.16. The highest BCUT2D eigenvalue weighted by molar-refractivity contribution is 5.92. The highest BCUT2D eigenvalue weighted by Crippen LogP contribution is 2.15. The van der Waals surface area contributed by atoms with Gasteiger partial charge in [0.05, 0.1) is 5.56 Å². The predicted octanol–water partition coefficient (Wildman–Crippen LogP) is 1.68. The standard InChI is InChI=1S/C15H20N2O3/c1-11-4-3-7-17(9-11)14(18)10-20-15(19)12-5-2-6-13(16)8-12/h2,5-6,8,11H,3-4,7,9-10,16H2,1H3. The van der Waals surface area contributed by atoms with Gasteiger partial charge in [-0.25, -0.2) is 4.79 Å². The van der Waals surface area contributed by atoms with Crippen molar-refractivity contribution in [1.82, 2.24) is 4.90 Å². The molecule has 1 saturated heterocycles. The third-order valence-electron chi connectivity index (χ3n) is 3.46. The molecule has 0 aromatic heterocycles. The fraction of sp³-hybridized carbons (Fsp3) is 0.467. The number of benzene rings is 1. The number of anilines is 1. The quantitative estimate of drug-likeness (QED) is 0.673. The van der Waals surface area contributed by atoms with Gasteiger partial charge in [0.25, 0.3) is 5.91 Å². The van der Waals surface area contributed by atoms with Crippen LogP contribution < -0.4 is 5.73 Å². The zero-order valence-electron chi connectivity index (χ0n) is 11.7. The van der Waals surface area contributed by atoms with Crippen molar-refractivity contribution in [2.45, 2.75) is 19.8 Å².